The van der Waals surface area contributed by atoms with Gasteiger partial charge in [-0.2, -0.15) is 0 Å². The van der Waals surface area contributed by atoms with Gasteiger partial charge in [0, 0.05) is 31.1 Å². The number of carbonyl (C=O) groups is 1. The van der Waals surface area contributed by atoms with E-state index in [2.05, 4.69) is 11.8 Å². The van der Waals surface area contributed by atoms with Crippen LogP contribution in [0.1, 0.15) is 43.7 Å². The van der Waals surface area contributed by atoms with Gasteiger partial charge in [-0.1, -0.05) is 24.0 Å². The Morgan fingerprint density at radius 1 is 1.36 bits per heavy atom. The zero-order valence-corrected chi connectivity index (χ0v) is 13.2. The number of Topliss-reactive ketones (excluding diaryl/α,β-unsaturated/α-hetero) is 1. The topological polar surface area (TPSA) is 72.6 Å². The molecule has 0 spiro atoms. The molecule has 120 valence electrons. The molecule has 0 heterocycles. The lowest BCUT2D eigenvalue weighted by Crippen LogP contribution is -2.26. The molecule has 0 aliphatic heterocycles. The lowest BCUT2D eigenvalue weighted by molar-refractivity contribution is -0.117. The molecule has 0 aromatic heterocycles. The van der Waals surface area contributed by atoms with Crippen LogP contribution in [0.3, 0.4) is 0 Å². The molecule has 0 aliphatic carbocycles. The molecule has 0 amide bonds. The van der Waals surface area contributed by atoms with Gasteiger partial charge in [0.05, 0.1) is 13.2 Å². The van der Waals surface area contributed by atoms with Gasteiger partial charge < -0.3 is 20.4 Å². The fourth-order valence-electron chi connectivity index (χ4n) is 1.82. The van der Waals surface area contributed by atoms with Gasteiger partial charge in [0.1, 0.15) is 5.78 Å². The second-order valence-electron chi connectivity index (χ2n) is 5.34. The smallest absolute Gasteiger partial charge is 0.129 e. The Labute approximate surface area is 132 Å². The fourth-order valence-corrected chi connectivity index (χ4v) is 1.82. The number of nitrogens with two attached hydrogens (primary N) is 1. The molecule has 0 radical (unpaired) electrons. The summed E-state index contributed by atoms with van der Waals surface area (Å²) in [5.74, 6) is 6.23. The molecule has 0 bridgehead atoms. The number of rotatable bonds is 9. The largest absolute Gasteiger partial charge is 0.396 e. The van der Waals surface area contributed by atoms with Crippen LogP contribution in [0.25, 0.3) is 0 Å². The Kier molecular flexibility index (Phi) is 9.17. The molecule has 22 heavy (non-hydrogen) atoms. The first kappa shape index (κ1) is 18.4. The Morgan fingerprint density at radius 3 is 2.73 bits per heavy atom. The molecule has 1 aromatic rings. The van der Waals surface area contributed by atoms with E-state index in [9.17, 15) is 4.79 Å². The van der Waals surface area contributed by atoms with Crippen molar-refractivity contribution in [2.75, 3.05) is 13.2 Å². The van der Waals surface area contributed by atoms with Gasteiger partial charge in [-0.05, 0) is 37.5 Å². The van der Waals surface area contributed by atoms with Gasteiger partial charge >= 0.3 is 0 Å². The van der Waals surface area contributed by atoms with E-state index in [0.717, 1.165) is 11.1 Å². The first-order chi connectivity index (χ1) is 10.6. The van der Waals surface area contributed by atoms with E-state index >= 15 is 0 Å². The van der Waals surface area contributed by atoms with Crippen LogP contribution < -0.4 is 5.73 Å². The fraction of sp³-hybridized carbons (Fsp3) is 0.500. The summed E-state index contributed by atoms with van der Waals surface area (Å²) in [6.45, 7) is 2.71. The van der Waals surface area contributed by atoms with Crippen molar-refractivity contribution >= 4 is 5.78 Å². The maximum atomic E-state index is 10.9. The molecule has 0 saturated carbocycles. The monoisotopic (exact) mass is 303 g/mol. The average Bonchev–Trinajstić information content (AvgIpc) is 2.51. The third kappa shape index (κ3) is 8.58. The zero-order chi connectivity index (χ0) is 16.2. The summed E-state index contributed by atoms with van der Waals surface area (Å²) < 4.78 is 5.57. The highest BCUT2D eigenvalue weighted by atomic mass is 16.5. The van der Waals surface area contributed by atoms with Crippen LogP contribution in [-0.4, -0.2) is 30.1 Å². The van der Waals surface area contributed by atoms with Gasteiger partial charge in [0.25, 0.3) is 0 Å². The van der Waals surface area contributed by atoms with Gasteiger partial charge in [-0.15, -0.1) is 0 Å². The quantitative estimate of drug-likeness (QED) is 0.541. The number of aliphatic hydroxyl groups excluding tert-OH is 1. The van der Waals surface area contributed by atoms with Crippen molar-refractivity contribution in [2.24, 2.45) is 5.73 Å². The van der Waals surface area contributed by atoms with Crippen molar-refractivity contribution in [2.45, 2.75) is 45.3 Å². The number of benzene rings is 1. The van der Waals surface area contributed by atoms with Crippen LogP contribution in [0.2, 0.25) is 0 Å². The van der Waals surface area contributed by atoms with Gasteiger partial charge in [0.2, 0.25) is 0 Å². The molecule has 1 aromatic carbocycles. The second-order valence-corrected chi connectivity index (χ2v) is 5.34. The predicted molar refractivity (Wildman–Crippen MR) is 87.2 cm³/mol. The molecule has 4 nitrogen and oxygen atoms in total. The number of hydrogen-bond acceptors (Lipinski definition) is 4. The SMILES string of the molecule is CC(=O)CC[C@H](N)COCc1ccc(C#CCCCO)cc1. The van der Waals surface area contributed by atoms with E-state index in [1.54, 1.807) is 6.92 Å². The van der Waals surface area contributed by atoms with Crippen LogP contribution in [0.4, 0.5) is 0 Å². The number of unbranched alkanes of at least 4 members (excludes halogenated alkanes) is 1. The summed E-state index contributed by atoms with van der Waals surface area (Å²) in [6.07, 6.45) is 2.59. The molecule has 1 rings (SSSR count). The van der Waals surface area contributed by atoms with E-state index in [1.807, 2.05) is 24.3 Å². The third-order valence-corrected chi connectivity index (χ3v) is 3.11. The average molecular weight is 303 g/mol. The number of ether oxygens (including phenoxy) is 1. The minimum Gasteiger partial charge on any atom is -0.396 e. The summed E-state index contributed by atoms with van der Waals surface area (Å²) >= 11 is 0. The lowest BCUT2D eigenvalue weighted by atomic mass is 10.1. The molecular weight excluding hydrogens is 278 g/mol. The van der Waals surface area contributed by atoms with Crippen LogP contribution in [0.15, 0.2) is 24.3 Å². The number of carbonyl (C=O) groups excluding carboxylic acids is 1. The van der Waals surface area contributed by atoms with E-state index in [0.29, 0.717) is 38.9 Å². The van der Waals surface area contributed by atoms with E-state index < -0.39 is 0 Å². The number of aliphatic hydroxyl groups is 1. The van der Waals surface area contributed by atoms with Gasteiger partial charge in [-0.3, -0.25) is 0 Å². The highest BCUT2D eigenvalue weighted by Crippen LogP contribution is 2.06. The second kappa shape index (κ2) is 11.0. The van der Waals surface area contributed by atoms with Crippen LogP contribution >= 0.6 is 0 Å². The Bertz CT molecular complexity index is 499. The normalized spacial score (nSPS) is 11.6. The first-order valence-electron chi connectivity index (χ1n) is 7.63. The van der Waals surface area contributed by atoms with Crippen LogP contribution in [-0.2, 0) is 16.1 Å². The maximum Gasteiger partial charge on any atom is 0.129 e. The van der Waals surface area contributed by atoms with Gasteiger partial charge in [-0.25, -0.2) is 0 Å². The van der Waals surface area contributed by atoms with Crippen molar-refractivity contribution in [1.82, 2.24) is 0 Å². The summed E-state index contributed by atoms with van der Waals surface area (Å²) in [6, 6.07) is 7.79. The number of ketones is 1. The van der Waals surface area contributed by atoms with E-state index in [4.69, 9.17) is 15.6 Å². The molecule has 4 heteroatoms. The van der Waals surface area contributed by atoms with Crippen molar-refractivity contribution < 1.29 is 14.6 Å². The minimum absolute atomic E-state index is 0.0967. The third-order valence-electron chi connectivity index (χ3n) is 3.11. The molecule has 0 saturated heterocycles. The van der Waals surface area contributed by atoms with E-state index in [-0.39, 0.29) is 18.4 Å². The lowest BCUT2D eigenvalue weighted by Gasteiger charge is -2.11. The standard InChI is InChI=1S/C18H25NO3/c1-15(21)6-11-18(19)14-22-13-17-9-7-16(8-10-17)5-3-2-4-12-20/h7-10,18,20H,2,4,6,11-14,19H2,1H3/t18-/m0/s1. The Balaban J connectivity index is 2.29. The first-order valence-corrected chi connectivity index (χ1v) is 7.63. The minimum atomic E-state index is -0.0967. The molecule has 0 aliphatic rings. The molecule has 0 unspecified atom stereocenters. The summed E-state index contributed by atoms with van der Waals surface area (Å²) in [5.41, 5.74) is 7.90. The summed E-state index contributed by atoms with van der Waals surface area (Å²) in [7, 11) is 0. The van der Waals surface area contributed by atoms with Crippen LogP contribution in [0, 0.1) is 11.8 Å². The molecule has 3 N–H and O–H groups in total. The molecular formula is C18H25NO3. The van der Waals surface area contributed by atoms with E-state index in [1.165, 1.54) is 0 Å². The summed E-state index contributed by atoms with van der Waals surface area (Å²) in [4.78, 5) is 10.9. The van der Waals surface area contributed by atoms with Crippen molar-refractivity contribution in [3.05, 3.63) is 35.4 Å². The van der Waals surface area contributed by atoms with Gasteiger partial charge in [0.15, 0.2) is 0 Å². The zero-order valence-electron chi connectivity index (χ0n) is 13.2. The Morgan fingerprint density at radius 2 is 2.09 bits per heavy atom. The highest BCUT2D eigenvalue weighted by molar-refractivity contribution is 5.75. The highest BCUT2D eigenvalue weighted by Gasteiger charge is 2.04. The molecule has 1 atom stereocenters. The molecule has 0 fully saturated rings. The van der Waals surface area contributed by atoms with Crippen molar-refractivity contribution in [1.29, 1.82) is 0 Å². The number of hydrogen-bond donors (Lipinski definition) is 2. The summed E-state index contributed by atoms with van der Waals surface area (Å²) in [5, 5.41) is 8.67. The maximum absolute atomic E-state index is 10.9. The van der Waals surface area contributed by atoms with Crippen molar-refractivity contribution in [3.63, 3.8) is 0 Å². The predicted octanol–water partition coefficient (Wildman–Crippen LogP) is 2.02. The Hall–Kier alpha value is -1.67. The van der Waals surface area contributed by atoms with Crippen LogP contribution in [0.5, 0.6) is 0 Å². The van der Waals surface area contributed by atoms with Crippen molar-refractivity contribution in [3.8, 4) is 11.8 Å².